The van der Waals surface area contributed by atoms with Crippen molar-refractivity contribution >= 4 is 31.6 Å². The van der Waals surface area contributed by atoms with Crippen LogP contribution in [0.4, 0.5) is 0 Å². The average molecular weight is 392 g/mol. The van der Waals surface area contributed by atoms with Crippen LogP contribution in [0.2, 0.25) is 0 Å². The van der Waals surface area contributed by atoms with E-state index in [0.29, 0.717) is 35.6 Å². The second kappa shape index (κ2) is 7.66. The van der Waals surface area contributed by atoms with E-state index in [4.69, 9.17) is 9.72 Å². The highest BCUT2D eigenvalue weighted by Gasteiger charge is 2.17. The lowest BCUT2D eigenvalue weighted by atomic mass is 10.1. The second-order valence-electron chi connectivity index (χ2n) is 6.71. The van der Waals surface area contributed by atoms with E-state index in [2.05, 4.69) is 0 Å². The van der Waals surface area contributed by atoms with Crippen LogP contribution in [-0.4, -0.2) is 23.3 Å². The van der Waals surface area contributed by atoms with Crippen molar-refractivity contribution in [2.75, 3.05) is 13.7 Å². The fourth-order valence-corrected chi connectivity index (χ4v) is 4.32. The van der Waals surface area contributed by atoms with Crippen LogP contribution >= 0.6 is 11.3 Å². The first kappa shape index (κ1) is 18.5. The quantitative estimate of drug-likeness (QED) is 0.381. The van der Waals surface area contributed by atoms with Gasteiger partial charge in [-0.05, 0) is 25.5 Å². The number of methoxy groups -OCH3 is 1. The van der Waals surface area contributed by atoms with Crippen LogP contribution in [0.15, 0.2) is 58.1 Å². The summed E-state index contributed by atoms with van der Waals surface area (Å²) in [6.07, 6.45) is 0.660. The molecule has 28 heavy (non-hydrogen) atoms. The van der Waals surface area contributed by atoms with Gasteiger partial charge >= 0.3 is 0 Å². The standard InChI is InChI=1S/C22H20N2O3S/c1-14-8-10-15(11-9-14)20-23-21-18(22(26)24(20)12-5-13-27-2)19(25)16-6-3-4-7-17(16)28-21/h3-4,6-11H,5,12-13H2,1-2H3. The molecule has 0 bridgehead atoms. The molecule has 2 aromatic heterocycles. The minimum Gasteiger partial charge on any atom is -0.385 e. The zero-order valence-corrected chi connectivity index (χ0v) is 16.6. The normalized spacial score (nSPS) is 11.4. The van der Waals surface area contributed by atoms with Gasteiger partial charge in [0, 0.05) is 35.9 Å². The maximum atomic E-state index is 13.3. The monoisotopic (exact) mass is 392 g/mol. The number of hydrogen-bond acceptors (Lipinski definition) is 5. The first-order valence-electron chi connectivity index (χ1n) is 9.12. The van der Waals surface area contributed by atoms with E-state index >= 15 is 0 Å². The average Bonchev–Trinajstić information content (AvgIpc) is 2.70. The molecule has 2 aromatic carbocycles. The molecule has 142 valence electrons. The van der Waals surface area contributed by atoms with Crippen molar-refractivity contribution in [3.63, 3.8) is 0 Å². The Morgan fingerprint density at radius 1 is 1.07 bits per heavy atom. The molecular weight excluding hydrogens is 372 g/mol. The number of rotatable bonds is 5. The molecule has 0 aliphatic carbocycles. The van der Waals surface area contributed by atoms with Gasteiger partial charge in [-0.1, -0.05) is 42.0 Å². The lowest BCUT2D eigenvalue weighted by molar-refractivity contribution is 0.190. The highest BCUT2D eigenvalue weighted by Crippen LogP contribution is 2.25. The minimum atomic E-state index is -0.288. The molecule has 6 heteroatoms. The van der Waals surface area contributed by atoms with Crippen molar-refractivity contribution in [1.29, 1.82) is 0 Å². The van der Waals surface area contributed by atoms with Gasteiger partial charge in [0.2, 0.25) is 5.43 Å². The molecule has 4 aromatic rings. The Labute approximate surface area is 165 Å². The summed E-state index contributed by atoms with van der Waals surface area (Å²) in [5.41, 5.74) is 1.45. The van der Waals surface area contributed by atoms with Gasteiger partial charge in [-0.2, -0.15) is 0 Å². The van der Waals surface area contributed by atoms with Crippen LogP contribution in [0.3, 0.4) is 0 Å². The van der Waals surface area contributed by atoms with Crippen molar-refractivity contribution in [2.45, 2.75) is 19.9 Å². The number of ether oxygens (including phenoxy) is 1. The van der Waals surface area contributed by atoms with Crippen molar-refractivity contribution in [1.82, 2.24) is 9.55 Å². The Balaban J connectivity index is 2.04. The fraction of sp³-hybridized carbons (Fsp3) is 0.227. The van der Waals surface area contributed by atoms with Gasteiger partial charge in [0.25, 0.3) is 5.56 Å². The summed E-state index contributed by atoms with van der Waals surface area (Å²) in [6, 6.07) is 15.3. The zero-order chi connectivity index (χ0) is 19.7. The topological polar surface area (TPSA) is 61.2 Å². The number of benzene rings is 2. The van der Waals surface area contributed by atoms with Gasteiger partial charge in [-0.25, -0.2) is 4.98 Å². The lowest BCUT2D eigenvalue weighted by Gasteiger charge is -2.14. The summed E-state index contributed by atoms with van der Waals surface area (Å²) >= 11 is 1.38. The highest BCUT2D eigenvalue weighted by atomic mass is 32.1. The molecule has 5 nitrogen and oxygen atoms in total. The van der Waals surface area contributed by atoms with Crippen molar-refractivity contribution in [3.05, 3.63) is 74.7 Å². The fourth-order valence-electron chi connectivity index (χ4n) is 3.28. The van der Waals surface area contributed by atoms with Crippen molar-refractivity contribution in [2.24, 2.45) is 0 Å². The highest BCUT2D eigenvalue weighted by molar-refractivity contribution is 7.24. The van der Waals surface area contributed by atoms with Gasteiger partial charge in [0.05, 0.1) is 0 Å². The molecule has 0 saturated heterocycles. The smallest absolute Gasteiger partial charge is 0.266 e. The molecule has 0 amide bonds. The SMILES string of the molecule is COCCCn1c(-c2ccc(C)cc2)nc2sc3ccccc3c(=O)c2c1=O. The molecule has 0 saturated carbocycles. The molecule has 0 aliphatic rings. The van der Waals surface area contributed by atoms with Crippen molar-refractivity contribution < 1.29 is 4.74 Å². The van der Waals surface area contributed by atoms with Crippen LogP contribution in [0, 0.1) is 6.92 Å². The van der Waals surface area contributed by atoms with Crippen LogP contribution < -0.4 is 11.0 Å². The van der Waals surface area contributed by atoms with E-state index in [-0.39, 0.29) is 16.4 Å². The van der Waals surface area contributed by atoms with Crippen LogP contribution in [0.1, 0.15) is 12.0 Å². The summed E-state index contributed by atoms with van der Waals surface area (Å²) in [6.45, 7) is 2.99. The van der Waals surface area contributed by atoms with Gasteiger partial charge in [-0.3, -0.25) is 14.2 Å². The van der Waals surface area contributed by atoms with Gasteiger partial charge < -0.3 is 4.74 Å². The Morgan fingerprint density at radius 2 is 1.82 bits per heavy atom. The van der Waals surface area contributed by atoms with E-state index in [1.54, 1.807) is 17.7 Å². The summed E-state index contributed by atoms with van der Waals surface area (Å²) in [7, 11) is 1.63. The number of aromatic nitrogens is 2. The Kier molecular flexibility index (Phi) is 5.07. The predicted molar refractivity (Wildman–Crippen MR) is 114 cm³/mol. The number of aryl methyl sites for hydroxylation is 1. The van der Waals surface area contributed by atoms with E-state index in [0.717, 1.165) is 15.8 Å². The minimum absolute atomic E-state index is 0.164. The maximum Gasteiger partial charge on any atom is 0.266 e. The lowest BCUT2D eigenvalue weighted by Crippen LogP contribution is -2.27. The van der Waals surface area contributed by atoms with Crippen molar-refractivity contribution in [3.8, 4) is 11.4 Å². The van der Waals surface area contributed by atoms with Crippen LogP contribution in [-0.2, 0) is 11.3 Å². The summed E-state index contributed by atoms with van der Waals surface area (Å²) in [4.78, 5) is 31.6. The van der Waals surface area contributed by atoms with E-state index in [9.17, 15) is 9.59 Å². The predicted octanol–water partition coefficient (Wildman–Crippen LogP) is 3.98. The molecular formula is C22H20N2O3S. The zero-order valence-electron chi connectivity index (χ0n) is 15.8. The first-order valence-corrected chi connectivity index (χ1v) is 9.94. The Morgan fingerprint density at radius 3 is 2.57 bits per heavy atom. The van der Waals surface area contributed by atoms with Crippen LogP contribution in [0.25, 0.3) is 31.7 Å². The third-order valence-corrected chi connectivity index (χ3v) is 5.81. The number of fused-ring (bicyclic) bond motifs is 2. The molecule has 4 rings (SSSR count). The molecule has 0 fully saturated rings. The number of hydrogen-bond donors (Lipinski definition) is 0. The molecule has 0 radical (unpaired) electrons. The largest absolute Gasteiger partial charge is 0.385 e. The molecule has 0 atom stereocenters. The van der Waals surface area contributed by atoms with E-state index in [1.165, 1.54) is 11.3 Å². The Bertz CT molecular complexity index is 1270. The van der Waals surface area contributed by atoms with E-state index in [1.807, 2.05) is 49.4 Å². The second-order valence-corrected chi connectivity index (χ2v) is 7.74. The van der Waals surface area contributed by atoms with Gasteiger partial charge in [0.15, 0.2) is 0 Å². The third kappa shape index (κ3) is 3.25. The summed E-state index contributed by atoms with van der Waals surface area (Å²) in [5, 5.41) is 0.724. The first-order chi connectivity index (χ1) is 13.6. The number of nitrogens with zero attached hydrogens (tertiary/aromatic N) is 2. The summed E-state index contributed by atoms with van der Waals surface area (Å²) < 4.78 is 7.58. The molecule has 0 aliphatic heterocycles. The maximum absolute atomic E-state index is 13.3. The Hall–Kier alpha value is -2.83. The molecule has 2 heterocycles. The summed E-state index contributed by atoms with van der Waals surface area (Å²) in [5.74, 6) is 0.583. The molecule has 0 N–H and O–H groups in total. The van der Waals surface area contributed by atoms with Gasteiger partial charge in [0.1, 0.15) is 16.0 Å². The van der Waals surface area contributed by atoms with Crippen LogP contribution in [0.5, 0.6) is 0 Å². The van der Waals surface area contributed by atoms with E-state index < -0.39 is 0 Å². The molecule has 0 unspecified atom stereocenters. The molecule has 0 spiro atoms. The third-order valence-electron chi connectivity index (χ3n) is 4.74. The van der Waals surface area contributed by atoms with Gasteiger partial charge in [-0.15, -0.1) is 11.3 Å².